The van der Waals surface area contributed by atoms with Gasteiger partial charge in [0.25, 0.3) is 7.82 Å². The van der Waals surface area contributed by atoms with Gasteiger partial charge in [0.1, 0.15) is 17.8 Å². The predicted octanol–water partition coefficient (Wildman–Crippen LogP) is 5.74. The number of hydrogen-bond donors (Lipinski definition) is 2. The minimum Gasteiger partial charge on any atom is -0.846 e. The third kappa shape index (κ3) is 34.9. The van der Waals surface area contributed by atoms with Gasteiger partial charge in [0, 0.05) is 18.4 Å². The zero-order valence-corrected chi connectivity index (χ0v) is 47.0. The molecule has 1 aliphatic rings. The quantitative estimate of drug-likeness (QED) is 0.0348. The van der Waals surface area contributed by atoms with Gasteiger partial charge in [0.05, 0.1) is 25.3 Å². The summed E-state index contributed by atoms with van der Waals surface area (Å²) in [6, 6.07) is 0.659. The molecule has 0 amide bonds. The van der Waals surface area contributed by atoms with E-state index in [4.69, 9.17) is 23.9 Å². The van der Waals surface area contributed by atoms with E-state index in [-0.39, 0.29) is 71.0 Å². The van der Waals surface area contributed by atoms with Crippen LogP contribution in [0.4, 0.5) is 0 Å². The van der Waals surface area contributed by atoms with E-state index in [1.54, 1.807) is 11.8 Å². The van der Waals surface area contributed by atoms with Crippen molar-refractivity contribution in [2.24, 2.45) is 0 Å². The van der Waals surface area contributed by atoms with Gasteiger partial charge in [-0.3, -0.25) is 19.3 Å². The molecule has 19 heteroatoms. The summed E-state index contributed by atoms with van der Waals surface area (Å²) in [7, 11) is -10.5. The first kappa shape index (κ1) is 64.7. The van der Waals surface area contributed by atoms with Crippen LogP contribution in [-0.4, -0.2) is 57.3 Å². The minimum atomic E-state index is -5.34. The molecule has 1 saturated heterocycles. The van der Waals surface area contributed by atoms with Gasteiger partial charge >= 0.3 is 72.9 Å². The Bertz CT molecular complexity index is 1450. The van der Waals surface area contributed by atoms with Crippen molar-refractivity contribution in [3.05, 3.63) is 17.8 Å². The normalized spacial score (nSPS) is 17.2. The summed E-state index contributed by atoms with van der Waals surface area (Å²) >= 11 is 1.56. The molecule has 64 heavy (non-hydrogen) atoms. The Morgan fingerprint density at radius 1 is 0.797 bits per heavy atom. The number of ether oxygens (including phenoxy) is 2. The molecule has 1 aromatic heterocycles. The summed E-state index contributed by atoms with van der Waals surface area (Å²) in [5, 5.41) is 19.6. The van der Waals surface area contributed by atoms with Crippen LogP contribution in [-0.2, 0) is 36.8 Å². The Morgan fingerprint density at radius 2 is 1.27 bits per heavy atom. The van der Waals surface area contributed by atoms with Crippen LogP contribution in [0, 0.1) is 5.41 Å². The van der Waals surface area contributed by atoms with E-state index < -0.39 is 59.3 Å². The molecule has 0 radical (unpaired) electrons. The summed E-state index contributed by atoms with van der Waals surface area (Å²) in [6.07, 6.45) is 34.6. The fourth-order valence-corrected chi connectivity index (χ4v) is 10.7. The second-order valence-corrected chi connectivity index (χ2v) is 21.2. The molecule has 14 nitrogen and oxygen atoms in total. The molecule has 1 fully saturated rings. The number of nitrogens with one attached hydrogen (secondary N) is 1. The molecule has 2 unspecified atom stereocenters. The predicted molar refractivity (Wildman–Crippen MR) is 244 cm³/mol. The number of phosphoric ester groups is 2. The number of nitrogens with zero attached hydrogens (tertiary/aromatic N) is 2. The van der Waals surface area contributed by atoms with Crippen LogP contribution >= 0.6 is 27.4 Å². The monoisotopic (exact) mass is 982 g/mol. The number of rotatable bonds is 42. The van der Waals surface area contributed by atoms with Crippen LogP contribution < -0.4 is 74.6 Å². The maximum atomic E-state index is 12.8. The number of carbonyl (C=O) groups is 1. The summed E-state index contributed by atoms with van der Waals surface area (Å²) in [4.78, 5) is 39.3. The maximum Gasteiger partial charge on any atom is 1.00 e. The third-order valence-electron chi connectivity index (χ3n) is 11.2. The second kappa shape index (κ2) is 41.5. The fourth-order valence-electron chi connectivity index (χ4n) is 7.61. The first-order valence-electron chi connectivity index (χ1n) is 24.3. The molecule has 0 aliphatic carbocycles. The number of carbonyl (C=O) groups excluding carboxylic acids is 1. The topological polar surface area (TPSA) is 205 Å². The molecule has 1 aromatic rings. The molecule has 1 aliphatic heterocycles. The molecule has 0 aromatic carbocycles. The summed E-state index contributed by atoms with van der Waals surface area (Å²) < 4.78 is 52.3. The van der Waals surface area contributed by atoms with Crippen molar-refractivity contribution in [2.45, 2.75) is 231 Å². The van der Waals surface area contributed by atoms with E-state index in [1.807, 2.05) is 0 Å². The first-order valence-corrected chi connectivity index (χ1v) is 28.4. The van der Waals surface area contributed by atoms with E-state index in [9.17, 15) is 28.8 Å². The van der Waals surface area contributed by atoms with Crippen LogP contribution in [0.25, 0.3) is 0 Å². The van der Waals surface area contributed by atoms with E-state index in [2.05, 4.69) is 23.1 Å². The number of thioether (sulfide) groups is 1. The summed E-state index contributed by atoms with van der Waals surface area (Å²) in [5.41, 5.74) is -0.187. The molecule has 2 N–H and O–H groups in total. The summed E-state index contributed by atoms with van der Waals surface area (Å²) in [5.74, 6) is 0.716. The van der Waals surface area contributed by atoms with Crippen molar-refractivity contribution in [2.75, 3.05) is 24.7 Å². The molecular formula is C45H83N3Na2O11P2S. The molecule has 362 valence electrons. The third-order valence-corrected chi connectivity index (χ3v) is 15.0. The van der Waals surface area contributed by atoms with E-state index >= 15 is 0 Å². The van der Waals surface area contributed by atoms with Gasteiger partial charge in [-0.1, -0.05) is 181 Å². The smallest absolute Gasteiger partial charge is 0.846 e. The Kier molecular flexibility index (Phi) is 42.0. The van der Waals surface area contributed by atoms with Crippen LogP contribution in [0.2, 0.25) is 0 Å². The second-order valence-electron chi connectivity index (χ2n) is 17.0. The average molecular weight is 982 g/mol. The largest absolute Gasteiger partial charge is 1.00 e. The van der Waals surface area contributed by atoms with Gasteiger partial charge in [0.2, 0.25) is 0 Å². The molecule has 2 rings (SSSR count). The van der Waals surface area contributed by atoms with E-state index in [0.717, 1.165) is 37.9 Å². The standard InChI is InChI=1S/C45H85N3O11P2S.2Na/c1-3-5-7-9-11-13-15-17-18-19-20-22-24-26-28-30-36-62-39-41(58-44(49)31-29-27-25-23-21-16-14-12-10-8-6-4-2)38-56-61(53,54)59-60(51,52)55-37-40-32-33-43(57-40)48-35-34-42(46)47-45(48)50;;/h34-35,40-41,43H,3-33,36-39H2,1-2H3,(H,51,52)(H,53,54)(H2,46,47,50);;/q;2*+1/p-2/t40-,41+,43+;;/m0../s1. The van der Waals surface area contributed by atoms with Crippen molar-refractivity contribution in [3.63, 3.8) is 0 Å². The van der Waals surface area contributed by atoms with Gasteiger partial charge in [-0.25, -0.2) is 13.9 Å². The number of esters is 1. The van der Waals surface area contributed by atoms with Crippen LogP contribution in [0.15, 0.2) is 12.3 Å². The number of phosphoric acid groups is 2. The van der Waals surface area contributed by atoms with E-state index in [1.165, 1.54) is 158 Å². The minimum absolute atomic E-state index is 0. The van der Waals surface area contributed by atoms with E-state index in [0.29, 0.717) is 25.0 Å². The first-order chi connectivity index (χ1) is 29.9. The van der Waals surface area contributed by atoms with Crippen molar-refractivity contribution < 1.29 is 111 Å². The zero-order chi connectivity index (χ0) is 45.2. The van der Waals surface area contributed by atoms with Gasteiger partial charge in [-0.2, -0.15) is 11.8 Å². The number of hydrogen-bond acceptors (Lipinski definition) is 13. The van der Waals surface area contributed by atoms with Gasteiger partial charge in [0.15, 0.2) is 0 Å². The van der Waals surface area contributed by atoms with Gasteiger partial charge in [-0.15, -0.1) is 0 Å². The molecular weight excluding hydrogens is 898 g/mol. The number of unbranched alkanes of at least 4 members (excludes halogenated alkanes) is 26. The molecule has 5 atom stereocenters. The Labute approximate surface area is 435 Å². The number of aromatic nitrogens is 2. The summed E-state index contributed by atoms with van der Waals surface area (Å²) in [6.45, 7) is 3.44. The van der Waals surface area contributed by atoms with Crippen molar-refractivity contribution >= 4 is 33.4 Å². The maximum absolute atomic E-state index is 12.8. The van der Waals surface area contributed by atoms with Crippen molar-refractivity contribution in [1.82, 2.24) is 9.55 Å². The molecule has 0 spiro atoms. The van der Waals surface area contributed by atoms with Crippen LogP contribution in [0.5, 0.6) is 6.01 Å². The zero-order valence-electron chi connectivity index (χ0n) is 40.4. The molecule has 2 heterocycles. The Morgan fingerprint density at radius 3 is 1.75 bits per heavy atom. The SMILES string of the molecule is CCCCCCCCCCCCCCCCCCSC[C@@H](COP(=O)(O)OP(=O)([O-])OC[C@@H]1CC[C@H](n2ccc(=N)nc2[O-])O1)OC(=O)CCCCCCCCCCCCCC.[Na+].[Na+]. The van der Waals surface area contributed by atoms with Gasteiger partial charge < -0.3 is 33.5 Å². The Hall–Kier alpha value is 0.720. The van der Waals surface area contributed by atoms with Crippen molar-refractivity contribution in [1.29, 1.82) is 5.41 Å². The van der Waals surface area contributed by atoms with Crippen molar-refractivity contribution in [3.8, 4) is 6.01 Å². The molecule has 0 bridgehead atoms. The van der Waals surface area contributed by atoms with Gasteiger partial charge in [-0.05, 0) is 37.5 Å². The Balaban J connectivity index is 0.0000198. The molecule has 0 saturated carbocycles. The van der Waals surface area contributed by atoms with Crippen LogP contribution in [0.1, 0.15) is 219 Å². The van der Waals surface area contributed by atoms with Crippen LogP contribution in [0.3, 0.4) is 0 Å². The average Bonchev–Trinajstić information content (AvgIpc) is 3.70. The fraction of sp³-hybridized carbons (Fsp3) is 0.889.